The molecule has 0 saturated heterocycles. The molecule has 2 rings (SSSR count). The fourth-order valence-electron chi connectivity index (χ4n) is 1.96. The van der Waals surface area contributed by atoms with Crippen LogP contribution in [0.5, 0.6) is 0 Å². The molecule has 0 bridgehead atoms. The van der Waals surface area contributed by atoms with Gasteiger partial charge >= 0.3 is 0 Å². The van der Waals surface area contributed by atoms with Gasteiger partial charge < -0.3 is 10.3 Å². The highest BCUT2D eigenvalue weighted by Crippen LogP contribution is 2.18. The zero-order valence-electron chi connectivity index (χ0n) is 12.6. The Kier molecular flexibility index (Phi) is 6.21. The van der Waals surface area contributed by atoms with Crippen molar-refractivity contribution in [3.63, 3.8) is 0 Å². The maximum atomic E-state index is 12.0. The van der Waals surface area contributed by atoms with E-state index in [4.69, 9.17) is 0 Å². The van der Waals surface area contributed by atoms with Gasteiger partial charge in [0, 0.05) is 16.6 Å². The molecule has 0 saturated carbocycles. The molecule has 0 fully saturated rings. The summed E-state index contributed by atoms with van der Waals surface area (Å²) < 4.78 is 0. The number of aromatic amines is 1. The van der Waals surface area contributed by atoms with Crippen molar-refractivity contribution in [2.75, 3.05) is 5.75 Å². The van der Waals surface area contributed by atoms with Crippen LogP contribution < -0.4 is 10.9 Å². The van der Waals surface area contributed by atoms with Crippen molar-refractivity contribution < 1.29 is 4.79 Å². The molecule has 0 aliphatic heterocycles. The van der Waals surface area contributed by atoms with Gasteiger partial charge in [-0.3, -0.25) is 9.59 Å². The lowest BCUT2D eigenvalue weighted by atomic mass is 10.2. The predicted molar refractivity (Wildman–Crippen MR) is 90.5 cm³/mol. The first-order valence-corrected chi connectivity index (χ1v) is 9.00. The summed E-state index contributed by atoms with van der Waals surface area (Å²) in [6.45, 7) is 3.99. The minimum atomic E-state index is -0.173. The second-order valence-corrected chi connectivity index (χ2v) is 6.83. The van der Waals surface area contributed by atoms with Gasteiger partial charge in [-0.25, -0.2) is 4.98 Å². The van der Waals surface area contributed by atoms with Gasteiger partial charge in [-0.1, -0.05) is 31.2 Å². The second-order valence-electron chi connectivity index (χ2n) is 4.89. The van der Waals surface area contributed by atoms with Crippen molar-refractivity contribution in [2.24, 2.45) is 0 Å². The van der Waals surface area contributed by atoms with Crippen molar-refractivity contribution in [3.8, 4) is 0 Å². The van der Waals surface area contributed by atoms with Crippen LogP contribution in [0.25, 0.3) is 0 Å². The molecule has 0 aliphatic carbocycles. The Hall–Kier alpha value is -1.60. The number of thioether (sulfide) groups is 1. The van der Waals surface area contributed by atoms with Crippen LogP contribution in [-0.2, 0) is 11.2 Å². The van der Waals surface area contributed by atoms with Crippen molar-refractivity contribution >= 4 is 29.0 Å². The lowest BCUT2D eigenvalue weighted by Gasteiger charge is -2.11. The van der Waals surface area contributed by atoms with Crippen LogP contribution in [0.2, 0.25) is 0 Å². The molecule has 7 heteroatoms. The zero-order chi connectivity index (χ0) is 15.9. The summed E-state index contributed by atoms with van der Waals surface area (Å²) in [5.74, 6) is 0.156. The lowest BCUT2D eigenvalue weighted by molar-refractivity contribution is -0.119. The van der Waals surface area contributed by atoms with Gasteiger partial charge in [0.25, 0.3) is 5.56 Å². The molecule has 2 aromatic rings. The molecule has 0 radical (unpaired) electrons. The number of carbonyl (C=O) groups is 1. The number of thiophene rings is 1. The van der Waals surface area contributed by atoms with E-state index in [0.717, 1.165) is 23.4 Å². The van der Waals surface area contributed by atoms with Crippen molar-refractivity contribution in [3.05, 3.63) is 44.5 Å². The highest BCUT2D eigenvalue weighted by Gasteiger charge is 2.11. The molecular weight excluding hydrogens is 318 g/mol. The molecule has 1 amide bonds. The third-order valence-electron chi connectivity index (χ3n) is 2.97. The minimum absolute atomic E-state index is 0.00784. The van der Waals surface area contributed by atoms with Crippen molar-refractivity contribution in [2.45, 2.75) is 37.9 Å². The van der Waals surface area contributed by atoms with E-state index in [9.17, 15) is 9.59 Å². The number of hydrogen-bond acceptors (Lipinski definition) is 5. The van der Waals surface area contributed by atoms with E-state index in [2.05, 4.69) is 15.3 Å². The van der Waals surface area contributed by atoms with Crippen LogP contribution in [0.4, 0.5) is 0 Å². The van der Waals surface area contributed by atoms with Gasteiger partial charge in [0.15, 0.2) is 5.16 Å². The highest BCUT2D eigenvalue weighted by atomic mass is 32.2. The molecule has 118 valence electrons. The average molecular weight is 337 g/mol. The van der Waals surface area contributed by atoms with Crippen LogP contribution in [0.3, 0.4) is 0 Å². The number of aryl methyl sites for hydroxylation is 1. The number of rotatable bonds is 7. The molecule has 2 heterocycles. The minimum Gasteiger partial charge on any atom is -0.348 e. The summed E-state index contributed by atoms with van der Waals surface area (Å²) in [4.78, 5) is 31.7. The van der Waals surface area contributed by atoms with Gasteiger partial charge in [0.05, 0.1) is 11.8 Å². The SMILES string of the molecule is CCCc1cc(=O)[nH]c(SCC(=O)NC(C)c2cccs2)n1. The molecule has 2 N–H and O–H groups in total. The number of aromatic nitrogens is 2. The van der Waals surface area contributed by atoms with Crippen LogP contribution in [0.15, 0.2) is 33.5 Å². The van der Waals surface area contributed by atoms with Gasteiger partial charge in [-0.2, -0.15) is 0 Å². The van der Waals surface area contributed by atoms with E-state index in [1.807, 2.05) is 31.4 Å². The molecule has 1 atom stereocenters. The molecule has 0 spiro atoms. The summed E-state index contributed by atoms with van der Waals surface area (Å²) in [6, 6.07) is 5.46. The third-order valence-corrected chi connectivity index (χ3v) is 4.89. The number of H-pyrrole nitrogens is 1. The first-order chi connectivity index (χ1) is 10.6. The topological polar surface area (TPSA) is 74.8 Å². The van der Waals surface area contributed by atoms with E-state index >= 15 is 0 Å². The van der Waals surface area contributed by atoms with E-state index < -0.39 is 0 Å². The second kappa shape index (κ2) is 8.14. The Morgan fingerprint density at radius 1 is 1.55 bits per heavy atom. The summed E-state index contributed by atoms with van der Waals surface area (Å²) in [7, 11) is 0. The summed E-state index contributed by atoms with van der Waals surface area (Å²) in [6.07, 6.45) is 1.69. The molecule has 2 aromatic heterocycles. The summed E-state index contributed by atoms with van der Waals surface area (Å²) >= 11 is 2.86. The van der Waals surface area contributed by atoms with E-state index in [1.165, 1.54) is 17.8 Å². The molecule has 22 heavy (non-hydrogen) atoms. The summed E-state index contributed by atoms with van der Waals surface area (Å²) in [5.41, 5.74) is 0.592. The Morgan fingerprint density at radius 2 is 2.36 bits per heavy atom. The number of carbonyl (C=O) groups excluding carboxylic acids is 1. The smallest absolute Gasteiger partial charge is 0.251 e. The number of hydrogen-bond donors (Lipinski definition) is 2. The van der Waals surface area contributed by atoms with E-state index in [-0.39, 0.29) is 23.3 Å². The van der Waals surface area contributed by atoms with Gasteiger partial charge in [0.2, 0.25) is 5.91 Å². The largest absolute Gasteiger partial charge is 0.348 e. The fourth-order valence-corrected chi connectivity index (χ4v) is 3.40. The number of nitrogens with zero attached hydrogens (tertiary/aromatic N) is 1. The van der Waals surface area contributed by atoms with Crippen molar-refractivity contribution in [1.29, 1.82) is 0 Å². The maximum Gasteiger partial charge on any atom is 0.251 e. The Bertz CT molecular complexity index is 668. The Labute approximate surface area is 137 Å². The van der Waals surface area contributed by atoms with Gasteiger partial charge in [-0.15, -0.1) is 11.3 Å². The quantitative estimate of drug-likeness (QED) is 0.602. The molecule has 5 nitrogen and oxygen atoms in total. The average Bonchev–Trinajstić information content (AvgIpc) is 2.99. The van der Waals surface area contributed by atoms with Crippen LogP contribution in [0.1, 0.15) is 36.9 Å². The molecule has 0 aromatic carbocycles. The number of nitrogens with one attached hydrogen (secondary N) is 2. The fraction of sp³-hybridized carbons (Fsp3) is 0.400. The number of amides is 1. The first-order valence-electron chi connectivity index (χ1n) is 7.14. The lowest BCUT2D eigenvalue weighted by Crippen LogP contribution is -2.27. The first kappa shape index (κ1) is 16.8. The molecular formula is C15H19N3O2S2. The van der Waals surface area contributed by atoms with Crippen LogP contribution in [-0.4, -0.2) is 21.6 Å². The third kappa shape index (κ3) is 4.99. The normalized spacial score (nSPS) is 12.1. The predicted octanol–water partition coefficient (Wildman–Crippen LogP) is 2.75. The Morgan fingerprint density at radius 3 is 3.05 bits per heavy atom. The monoisotopic (exact) mass is 337 g/mol. The van der Waals surface area contributed by atoms with Crippen molar-refractivity contribution in [1.82, 2.24) is 15.3 Å². The molecule has 1 unspecified atom stereocenters. The Balaban J connectivity index is 1.89. The highest BCUT2D eigenvalue weighted by molar-refractivity contribution is 7.99. The zero-order valence-corrected chi connectivity index (χ0v) is 14.2. The van der Waals surface area contributed by atoms with E-state index in [1.54, 1.807) is 11.3 Å². The van der Waals surface area contributed by atoms with Crippen LogP contribution >= 0.6 is 23.1 Å². The van der Waals surface area contributed by atoms with Gasteiger partial charge in [0.1, 0.15) is 0 Å². The van der Waals surface area contributed by atoms with Gasteiger partial charge in [-0.05, 0) is 24.8 Å². The maximum absolute atomic E-state index is 12.0. The van der Waals surface area contributed by atoms with Crippen LogP contribution in [0, 0.1) is 0 Å². The van der Waals surface area contributed by atoms with E-state index in [0.29, 0.717) is 5.16 Å². The standard InChI is InChI=1S/C15H19N3O2S2/c1-3-5-11-8-13(19)18-15(17-11)22-9-14(20)16-10(2)12-6-4-7-21-12/h4,6-8,10H,3,5,9H2,1-2H3,(H,16,20)(H,17,18,19). The molecule has 0 aliphatic rings. The summed E-state index contributed by atoms with van der Waals surface area (Å²) in [5, 5.41) is 5.42.